The molecule has 0 fully saturated rings. The number of hydrogen-bond acceptors (Lipinski definition) is 4. The number of sulfonamides is 1. The molecule has 5 nitrogen and oxygen atoms in total. The van der Waals surface area contributed by atoms with Crippen molar-refractivity contribution < 1.29 is 17.9 Å². The fourth-order valence-electron chi connectivity index (χ4n) is 2.69. The van der Waals surface area contributed by atoms with Crippen molar-refractivity contribution in [3.63, 3.8) is 0 Å². The fraction of sp³-hybridized carbons (Fsp3) is 0.143. The number of ether oxygens (including phenoxy) is 2. The first kappa shape index (κ1) is 20.0. The Labute approximate surface area is 169 Å². The Kier molecular flexibility index (Phi) is 6.11. The molecule has 1 N–H and O–H groups in total. The number of methoxy groups -OCH3 is 1. The van der Waals surface area contributed by atoms with Gasteiger partial charge in [-0.05, 0) is 60.5 Å². The van der Waals surface area contributed by atoms with Gasteiger partial charge in [0, 0.05) is 5.02 Å². The van der Waals surface area contributed by atoms with E-state index in [0.717, 1.165) is 5.56 Å². The van der Waals surface area contributed by atoms with Gasteiger partial charge < -0.3 is 9.47 Å². The number of anilines is 1. The molecule has 0 bridgehead atoms. The van der Waals surface area contributed by atoms with E-state index >= 15 is 0 Å². The molecule has 3 aromatic rings. The maximum atomic E-state index is 12.9. The van der Waals surface area contributed by atoms with E-state index in [2.05, 4.69) is 4.72 Å². The van der Waals surface area contributed by atoms with E-state index in [1.807, 2.05) is 25.1 Å². The standard InChI is InChI=1S/C21H20ClNO4S/c1-3-15-13-18(10-12-20(15)26-2)28(24,25)23-19-14-16(22)9-11-21(19)27-17-7-5-4-6-8-17/h4-14,23H,3H2,1-2H3. The summed E-state index contributed by atoms with van der Waals surface area (Å²) in [4.78, 5) is 0.135. The summed E-state index contributed by atoms with van der Waals surface area (Å²) in [6.07, 6.45) is 0.645. The minimum absolute atomic E-state index is 0.135. The van der Waals surface area contributed by atoms with Crippen molar-refractivity contribution >= 4 is 27.3 Å². The molecule has 3 rings (SSSR count). The quantitative estimate of drug-likeness (QED) is 0.551. The molecule has 0 heterocycles. The molecular formula is C21H20ClNO4S. The van der Waals surface area contributed by atoms with Gasteiger partial charge in [0.1, 0.15) is 11.5 Å². The third-order valence-electron chi connectivity index (χ3n) is 4.10. The number of benzene rings is 3. The lowest BCUT2D eigenvalue weighted by Crippen LogP contribution is -2.14. The third kappa shape index (κ3) is 4.58. The van der Waals surface area contributed by atoms with Crippen molar-refractivity contribution in [2.24, 2.45) is 0 Å². The number of hydrogen-bond donors (Lipinski definition) is 1. The molecule has 0 spiro atoms. The van der Waals surface area contributed by atoms with Crippen molar-refractivity contribution in [3.8, 4) is 17.2 Å². The lowest BCUT2D eigenvalue weighted by molar-refractivity contribution is 0.409. The Morgan fingerprint density at radius 2 is 1.68 bits per heavy atom. The highest BCUT2D eigenvalue weighted by molar-refractivity contribution is 7.92. The van der Waals surface area contributed by atoms with Gasteiger partial charge in [-0.1, -0.05) is 36.7 Å². The fourth-order valence-corrected chi connectivity index (χ4v) is 3.97. The molecule has 0 aliphatic carbocycles. The SMILES string of the molecule is CCc1cc(S(=O)(=O)Nc2cc(Cl)ccc2Oc2ccccc2)ccc1OC. The van der Waals surface area contributed by atoms with E-state index in [-0.39, 0.29) is 10.6 Å². The maximum absolute atomic E-state index is 12.9. The van der Waals surface area contributed by atoms with Gasteiger partial charge >= 0.3 is 0 Å². The number of aryl methyl sites for hydroxylation is 1. The highest BCUT2D eigenvalue weighted by Gasteiger charge is 2.19. The topological polar surface area (TPSA) is 64.6 Å². The van der Waals surface area contributed by atoms with Crippen LogP contribution in [0.4, 0.5) is 5.69 Å². The first-order chi connectivity index (χ1) is 13.4. The van der Waals surface area contributed by atoms with Gasteiger partial charge in [-0.25, -0.2) is 8.42 Å². The molecule has 0 unspecified atom stereocenters. The predicted octanol–water partition coefficient (Wildman–Crippen LogP) is 5.50. The molecule has 0 saturated carbocycles. The second-order valence-electron chi connectivity index (χ2n) is 5.99. The molecule has 146 valence electrons. The van der Waals surface area contributed by atoms with Crippen LogP contribution in [0.3, 0.4) is 0 Å². The summed E-state index contributed by atoms with van der Waals surface area (Å²) in [6.45, 7) is 1.93. The maximum Gasteiger partial charge on any atom is 0.262 e. The molecule has 28 heavy (non-hydrogen) atoms. The summed E-state index contributed by atoms with van der Waals surface area (Å²) in [5.41, 5.74) is 1.06. The average molecular weight is 418 g/mol. The van der Waals surface area contributed by atoms with Gasteiger partial charge in [0.2, 0.25) is 0 Å². The Hall–Kier alpha value is -2.70. The van der Waals surface area contributed by atoms with Crippen LogP contribution < -0.4 is 14.2 Å². The summed E-state index contributed by atoms with van der Waals surface area (Å²) < 4.78 is 39.5. The van der Waals surface area contributed by atoms with E-state index < -0.39 is 10.0 Å². The van der Waals surface area contributed by atoms with Crippen molar-refractivity contribution in [2.75, 3.05) is 11.8 Å². The van der Waals surface area contributed by atoms with Crippen molar-refractivity contribution in [3.05, 3.63) is 77.3 Å². The summed E-state index contributed by atoms with van der Waals surface area (Å²) >= 11 is 6.08. The highest BCUT2D eigenvalue weighted by Crippen LogP contribution is 2.34. The van der Waals surface area contributed by atoms with Crippen molar-refractivity contribution in [1.29, 1.82) is 0 Å². The van der Waals surface area contributed by atoms with Crippen LogP contribution in [0.25, 0.3) is 0 Å². The molecule has 0 atom stereocenters. The minimum atomic E-state index is -3.85. The van der Waals surface area contributed by atoms with Gasteiger partial charge in [0.25, 0.3) is 10.0 Å². The molecule has 3 aromatic carbocycles. The van der Waals surface area contributed by atoms with Crippen molar-refractivity contribution in [2.45, 2.75) is 18.2 Å². The van der Waals surface area contributed by atoms with Crippen LogP contribution in [0, 0.1) is 0 Å². The van der Waals surface area contributed by atoms with Crippen LogP contribution in [0.15, 0.2) is 71.6 Å². The van der Waals surface area contributed by atoms with Crippen LogP contribution >= 0.6 is 11.6 Å². The summed E-state index contributed by atoms with van der Waals surface area (Å²) in [7, 11) is -2.29. The molecular weight excluding hydrogens is 398 g/mol. The first-order valence-corrected chi connectivity index (χ1v) is 10.5. The number of nitrogens with one attached hydrogen (secondary N) is 1. The number of rotatable bonds is 7. The zero-order chi connectivity index (χ0) is 20.1. The first-order valence-electron chi connectivity index (χ1n) is 8.65. The van der Waals surface area contributed by atoms with Gasteiger partial charge in [-0.3, -0.25) is 4.72 Å². The van der Waals surface area contributed by atoms with Crippen molar-refractivity contribution in [1.82, 2.24) is 0 Å². The molecule has 0 radical (unpaired) electrons. The smallest absolute Gasteiger partial charge is 0.262 e. The highest BCUT2D eigenvalue weighted by atomic mass is 35.5. The summed E-state index contributed by atoms with van der Waals surface area (Å²) in [5.74, 6) is 1.59. The lowest BCUT2D eigenvalue weighted by atomic mass is 10.1. The van der Waals surface area contributed by atoms with Gasteiger partial charge in [0.15, 0.2) is 5.75 Å². The molecule has 0 amide bonds. The van der Waals surface area contributed by atoms with E-state index in [9.17, 15) is 8.42 Å². The van der Waals surface area contributed by atoms with Gasteiger partial charge in [0.05, 0.1) is 17.7 Å². The average Bonchev–Trinajstić information content (AvgIpc) is 2.70. The predicted molar refractivity (Wildman–Crippen MR) is 111 cm³/mol. The zero-order valence-corrected chi connectivity index (χ0v) is 17.0. The van der Waals surface area contributed by atoms with Gasteiger partial charge in [-0.15, -0.1) is 0 Å². The Morgan fingerprint density at radius 1 is 0.964 bits per heavy atom. The number of halogens is 1. The Bertz CT molecular complexity index is 1070. The second-order valence-corrected chi connectivity index (χ2v) is 8.11. The third-order valence-corrected chi connectivity index (χ3v) is 5.70. The minimum Gasteiger partial charge on any atom is -0.496 e. The lowest BCUT2D eigenvalue weighted by Gasteiger charge is -2.15. The largest absolute Gasteiger partial charge is 0.496 e. The van der Waals surface area contributed by atoms with Crippen LogP contribution in [0.1, 0.15) is 12.5 Å². The van der Waals surface area contributed by atoms with E-state index in [0.29, 0.717) is 28.7 Å². The second kappa shape index (κ2) is 8.54. The van der Waals surface area contributed by atoms with Crippen LogP contribution in [0.5, 0.6) is 17.2 Å². The monoisotopic (exact) mass is 417 g/mol. The Balaban J connectivity index is 1.95. The van der Waals surface area contributed by atoms with Crippen LogP contribution in [0.2, 0.25) is 5.02 Å². The number of para-hydroxylation sites is 1. The van der Waals surface area contributed by atoms with Crippen LogP contribution in [-0.4, -0.2) is 15.5 Å². The molecule has 0 saturated heterocycles. The van der Waals surface area contributed by atoms with E-state index in [1.165, 1.54) is 12.1 Å². The normalized spacial score (nSPS) is 11.1. The van der Waals surface area contributed by atoms with Gasteiger partial charge in [-0.2, -0.15) is 0 Å². The van der Waals surface area contributed by atoms with E-state index in [4.69, 9.17) is 21.1 Å². The molecule has 0 aliphatic rings. The Morgan fingerprint density at radius 3 is 2.36 bits per heavy atom. The molecule has 0 aromatic heterocycles. The van der Waals surface area contributed by atoms with E-state index in [1.54, 1.807) is 43.5 Å². The zero-order valence-electron chi connectivity index (χ0n) is 15.5. The summed E-state index contributed by atoms with van der Waals surface area (Å²) in [6, 6.07) is 18.6. The molecule has 0 aliphatic heterocycles. The summed E-state index contributed by atoms with van der Waals surface area (Å²) in [5, 5.41) is 0.391. The van der Waals surface area contributed by atoms with Crippen LogP contribution in [-0.2, 0) is 16.4 Å². The molecule has 7 heteroatoms.